The van der Waals surface area contributed by atoms with E-state index in [1.807, 2.05) is 28.8 Å². The van der Waals surface area contributed by atoms with E-state index in [0.29, 0.717) is 11.6 Å². The third kappa shape index (κ3) is 3.68. The highest BCUT2D eigenvalue weighted by molar-refractivity contribution is 8.00. The molecule has 1 aromatic heterocycles. The van der Waals surface area contributed by atoms with Crippen LogP contribution < -0.4 is 5.73 Å². The lowest BCUT2D eigenvalue weighted by Crippen LogP contribution is -2.23. The summed E-state index contributed by atoms with van der Waals surface area (Å²) in [5, 5.41) is 1.09. The number of aromatic nitrogens is 2. The van der Waals surface area contributed by atoms with Gasteiger partial charge >= 0.3 is 0 Å². The van der Waals surface area contributed by atoms with Crippen molar-refractivity contribution in [1.82, 2.24) is 9.55 Å². The molecular formula is C15H16ClN3OS. The number of nitrogens with zero attached hydrogens (tertiary/aromatic N) is 2. The molecule has 0 spiro atoms. The molecule has 1 aromatic carbocycles. The van der Waals surface area contributed by atoms with E-state index in [0.717, 1.165) is 16.4 Å². The zero-order chi connectivity index (χ0) is 15.4. The largest absolute Gasteiger partial charge is 0.369 e. The van der Waals surface area contributed by atoms with Gasteiger partial charge in [-0.15, -0.1) is 6.58 Å². The van der Waals surface area contributed by atoms with Crippen molar-refractivity contribution in [3.63, 3.8) is 0 Å². The lowest BCUT2D eigenvalue weighted by atomic mass is 10.2. The van der Waals surface area contributed by atoms with Crippen LogP contribution in [0.25, 0.3) is 11.3 Å². The molecule has 4 nitrogen and oxygen atoms in total. The van der Waals surface area contributed by atoms with Crippen molar-refractivity contribution < 1.29 is 4.79 Å². The maximum absolute atomic E-state index is 11.2. The molecule has 1 atom stereocenters. The van der Waals surface area contributed by atoms with E-state index >= 15 is 0 Å². The van der Waals surface area contributed by atoms with Crippen LogP contribution in [-0.4, -0.2) is 20.7 Å². The van der Waals surface area contributed by atoms with Gasteiger partial charge in [-0.25, -0.2) is 4.98 Å². The van der Waals surface area contributed by atoms with Crippen LogP contribution in [0.2, 0.25) is 5.02 Å². The van der Waals surface area contributed by atoms with Gasteiger partial charge in [0.2, 0.25) is 5.91 Å². The lowest BCUT2D eigenvalue weighted by Gasteiger charge is -2.11. The maximum Gasteiger partial charge on any atom is 0.230 e. The molecule has 21 heavy (non-hydrogen) atoms. The molecule has 6 heteroatoms. The molecule has 0 saturated heterocycles. The van der Waals surface area contributed by atoms with Gasteiger partial charge in [0.05, 0.1) is 17.1 Å². The first-order chi connectivity index (χ1) is 10.0. The summed E-state index contributed by atoms with van der Waals surface area (Å²) in [5.41, 5.74) is 7.27. The Kier molecular flexibility index (Phi) is 5.09. The first-order valence-electron chi connectivity index (χ1n) is 6.41. The SMILES string of the molecule is C=CCn1c(-c2ccc(Cl)cc2)cnc1S[C@H](C)C(N)=O. The van der Waals surface area contributed by atoms with Gasteiger partial charge in [0.1, 0.15) is 0 Å². The zero-order valence-corrected chi connectivity index (χ0v) is 13.2. The summed E-state index contributed by atoms with van der Waals surface area (Å²) in [7, 11) is 0. The minimum Gasteiger partial charge on any atom is -0.369 e. The number of carbonyl (C=O) groups excluding carboxylic acids is 1. The highest BCUT2D eigenvalue weighted by atomic mass is 35.5. The molecule has 2 N–H and O–H groups in total. The summed E-state index contributed by atoms with van der Waals surface area (Å²) >= 11 is 7.26. The Labute approximate surface area is 133 Å². The van der Waals surface area contributed by atoms with E-state index in [1.54, 1.807) is 19.2 Å². The molecule has 0 bridgehead atoms. The molecule has 0 aliphatic carbocycles. The molecule has 2 aromatic rings. The predicted octanol–water partition coefficient (Wildman–Crippen LogP) is 3.36. The molecule has 110 valence electrons. The van der Waals surface area contributed by atoms with Crippen molar-refractivity contribution in [2.24, 2.45) is 5.73 Å². The lowest BCUT2D eigenvalue weighted by molar-refractivity contribution is -0.117. The summed E-state index contributed by atoms with van der Waals surface area (Å²) in [6.07, 6.45) is 3.57. The number of amides is 1. The quantitative estimate of drug-likeness (QED) is 0.655. The zero-order valence-electron chi connectivity index (χ0n) is 11.6. The summed E-state index contributed by atoms with van der Waals surface area (Å²) in [6, 6.07) is 7.54. The van der Waals surface area contributed by atoms with Gasteiger partial charge in [-0.3, -0.25) is 4.79 Å². The van der Waals surface area contributed by atoms with Crippen LogP contribution in [0.3, 0.4) is 0 Å². The Morgan fingerprint density at radius 3 is 2.76 bits per heavy atom. The van der Waals surface area contributed by atoms with E-state index in [-0.39, 0.29) is 11.2 Å². The Hall–Kier alpha value is -1.72. The molecule has 0 saturated carbocycles. The normalized spacial score (nSPS) is 12.1. The summed E-state index contributed by atoms with van der Waals surface area (Å²) in [6.45, 7) is 6.14. The fourth-order valence-corrected chi connectivity index (χ4v) is 2.80. The van der Waals surface area contributed by atoms with Crippen LogP contribution in [0.15, 0.2) is 48.3 Å². The van der Waals surface area contributed by atoms with Crippen molar-refractivity contribution in [2.75, 3.05) is 0 Å². The number of rotatable bonds is 6. The van der Waals surface area contributed by atoms with Crippen LogP contribution in [0, 0.1) is 0 Å². The van der Waals surface area contributed by atoms with Crippen LogP contribution in [0.5, 0.6) is 0 Å². The number of primary amides is 1. The Bertz CT molecular complexity index is 651. The topological polar surface area (TPSA) is 60.9 Å². The standard InChI is InChI=1S/C15H16ClN3OS/c1-3-8-19-13(11-4-6-12(16)7-5-11)9-18-15(19)21-10(2)14(17)20/h3-7,9-10H,1,8H2,2H3,(H2,17,20)/t10-/m1/s1. The molecule has 0 fully saturated rings. The van der Waals surface area contributed by atoms with Gasteiger partial charge < -0.3 is 10.3 Å². The van der Waals surface area contributed by atoms with E-state index in [4.69, 9.17) is 17.3 Å². The second-order valence-corrected chi connectivity index (χ2v) is 6.24. The number of carbonyl (C=O) groups is 1. The van der Waals surface area contributed by atoms with Crippen LogP contribution >= 0.6 is 23.4 Å². The molecule has 0 unspecified atom stereocenters. The van der Waals surface area contributed by atoms with Gasteiger partial charge in [-0.05, 0) is 24.6 Å². The summed E-state index contributed by atoms with van der Waals surface area (Å²) in [5.74, 6) is -0.360. The number of thioether (sulfide) groups is 1. The van der Waals surface area contributed by atoms with Crippen molar-refractivity contribution >= 4 is 29.3 Å². The summed E-state index contributed by atoms with van der Waals surface area (Å²) < 4.78 is 2.00. The third-order valence-electron chi connectivity index (χ3n) is 2.95. The van der Waals surface area contributed by atoms with Crippen LogP contribution in [0.4, 0.5) is 0 Å². The fraction of sp³-hybridized carbons (Fsp3) is 0.200. The van der Waals surface area contributed by atoms with Crippen LogP contribution in [-0.2, 0) is 11.3 Å². The second-order valence-electron chi connectivity index (χ2n) is 4.49. The average Bonchev–Trinajstić information content (AvgIpc) is 2.83. The number of hydrogen-bond acceptors (Lipinski definition) is 3. The first-order valence-corrected chi connectivity index (χ1v) is 7.67. The van der Waals surface area contributed by atoms with Crippen molar-refractivity contribution in [3.8, 4) is 11.3 Å². The third-order valence-corrected chi connectivity index (χ3v) is 4.33. The Morgan fingerprint density at radius 2 is 2.19 bits per heavy atom. The monoisotopic (exact) mass is 321 g/mol. The minimum atomic E-state index is -0.360. The highest BCUT2D eigenvalue weighted by Gasteiger charge is 2.17. The predicted molar refractivity (Wildman–Crippen MR) is 87.4 cm³/mol. The van der Waals surface area contributed by atoms with Gasteiger partial charge in [0, 0.05) is 11.6 Å². The number of nitrogens with two attached hydrogens (primary N) is 1. The number of imidazole rings is 1. The second kappa shape index (κ2) is 6.83. The molecule has 0 aliphatic rings. The minimum absolute atomic E-state index is 0.339. The van der Waals surface area contributed by atoms with Crippen molar-refractivity contribution in [3.05, 3.63) is 48.1 Å². The molecule has 2 rings (SSSR count). The highest BCUT2D eigenvalue weighted by Crippen LogP contribution is 2.29. The maximum atomic E-state index is 11.2. The van der Waals surface area contributed by atoms with E-state index in [2.05, 4.69) is 11.6 Å². The molecule has 1 heterocycles. The van der Waals surface area contributed by atoms with E-state index in [9.17, 15) is 4.79 Å². The number of halogens is 1. The van der Waals surface area contributed by atoms with Gasteiger partial charge in [0.15, 0.2) is 5.16 Å². The summed E-state index contributed by atoms with van der Waals surface area (Å²) in [4.78, 5) is 15.6. The molecule has 0 aliphatic heterocycles. The van der Waals surface area contributed by atoms with Gasteiger partial charge in [-0.2, -0.15) is 0 Å². The average molecular weight is 322 g/mol. The molecule has 0 radical (unpaired) electrons. The Balaban J connectivity index is 2.38. The van der Waals surface area contributed by atoms with Crippen LogP contribution in [0.1, 0.15) is 6.92 Å². The smallest absolute Gasteiger partial charge is 0.230 e. The molecular weight excluding hydrogens is 306 g/mol. The first kappa shape index (κ1) is 15.7. The van der Waals surface area contributed by atoms with Crippen molar-refractivity contribution in [2.45, 2.75) is 23.9 Å². The number of benzene rings is 1. The van der Waals surface area contributed by atoms with Crippen molar-refractivity contribution in [1.29, 1.82) is 0 Å². The Morgan fingerprint density at radius 1 is 1.52 bits per heavy atom. The van der Waals surface area contributed by atoms with Gasteiger partial charge in [0.25, 0.3) is 0 Å². The number of hydrogen-bond donors (Lipinski definition) is 1. The van der Waals surface area contributed by atoms with E-state index in [1.165, 1.54) is 11.8 Å². The number of allylic oxidation sites excluding steroid dienone is 1. The fourth-order valence-electron chi connectivity index (χ4n) is 1.83. The van der Waals surface area contributed by atoms with Gasteiger partial charge in [-0.1, -0.05) is 41.6 Å². The molecule has 1 amide bonds. The van der Waals surface area contributed by atoms with E-state index < -0.39 is 0 Å².